The van der Waals surface area contributed by atoms with Gasteiger partial charge < -0.3 is 5.32 Å². The van der Waals surface area contributed by atoms with Gasteiger partial charge in [0.25, 0.3) is 0 Å². The number of hydrogen-bond acceptors (Lipinski definition) is 3. The summed E-state index contributed by atoms with van der Waals surface area (Å²) in [5.41, 5.74) is 2.54. The van der Waals surface area contributed by atoms with Crippen molar-refractivity contribution in [2.24, 2.45) is 0 Å². The molecule has 1 aromatic carbocycles. The quantitative estimate of drug-likeness (QED) is 0.755. The molecular weight excluding hydrogens is 337 g/mol. The van der Waals surface area contributed by atoms with Gasteiger partial charge in [-0.25, -0.2) is 9.37 Å². The number of rotatable bonds is 2. The SMILES string of the molecule is O=C1C[C@@H](c2ccsc2)c2ncn(-c3ccc(F)c(Cl)c3)c2N1. The van der Waals surface area contributed by atoms with Crippen LogP contribution in [0.25, 0.3) is 5.69 Å². The van der Waals surface area contributed by atoms with Crippen molar-refractivity contribution in [1.29, 1.82) is 0 Å². The largest absolute Gasteiger partial charge is 0.310 e. The third-order valence-corrected chi connectivity index (χ3v) is 4.89. The third-order valence-electron chi connectivity index (χ3n) is 3.90. The van der Waals surface area contributed by atoms with Crippen LogP contribution in [0, 0.1) is 5.82 Å². The lowest BCUT2D eigenvalue weighted by atomic mass is 9.92. The van der Waals surface area contributed by atoms with E-state index in [-0.39, 0.29) is 16.8 Å². The van der Waals surface area contributed by atoms with E-state index in [2.05, 4.69) is 10.3 Å². The van der Waals surface area contributed by atoms with Crippen molar-refractivity contribution in [2.45, 2.75) is 12.3 Å². The summed E-state index contributed by atoms with van der Waals surface area (Å²) in [5, 5.41) is 6.90. The number of nitrogens with one attached hydrogen (secondary N) is 1. The van der Waals surface area contributed by atoms with Gasteiger partial charge in [-0.15, -0.1) is 0 Å². The maximum atomic E-state index is 13.4. The Morgan fingerprint density at radius 3 is 3.00 bits per heavy atom. The molecule has 7 heteroatoms. The number of carbonyl (C=O) groups excluding carboxylic acids is 1. The minimum absolute atomic E-state index is 0.0291. The molecule has 4 nitrogen and oxygen atoms in total. The summed E-state index contributed by atoms with van der Waals surface area (Å²) < 4.78 is 15.1. The highest BCUT2D eigenvalue weighted by molar-refractivity contribution is 7.08. The molecule has 2 aromatic heterocycles. The molecule has 1 aliphatic rings. The molecule has 0 aliphatic carbocycles. The van der Waals surface area contributed by atoms with Crippen LogP contribution in [-0.4, -0.2) is 15.5 Å². The number of carbonyl (C=O) groups is 1. The molecule has 23 heavy (non-hydrogen) atoms. The zero-order valence-electron chi connectivity index (χ0n) is 11.8. The molecular formula is C16H11ClFN3OS. The summed E-state index contributed by atoms with van der Waals surface area (Å²) in [5.74, 6) is -0.00413. The molecule has 3 heterocycles. The van der Waals surface area contributed by atoms with Crippen molar-refractivity contribution < 1.29 is 9.18 Å². The number of hydrogen-bond donors (Lipinski definition) is 1. The molecule has 3 aromatic rings. The molecule has 116 valence electrons. The van der Waals surface area contributed by atoms with Crippen LogP contribution in [0.5, 0.6) is 0 Å². The predicted octanol–water partition coefficient (Wildman–Crippen LogP) is 4.20. The summed E-state index contributed by atoms with van der Waals surface area (Å²) in [7, 11) is 0. The highest BCUT2D eigenvalue weighted by Crippen LogP contribution is 2.38. The first-order valence-corrected chi connectivity index (χ1v) is 8.30. The predicted molar refractivity (Wildman–Crippen MR) is 87.9 cm³/mol. The Kier molecular flexibility index (Phi) is 3.43. The fourth-order valence-corrected chi connectivity index (χ4v) is 3.68. The average molecular weight is 348 g/mol. The molecule has 1 aliphatic heterocycles. The molecule has 1 atom stereocenters. The molecule has 4 rings (SSSR count). The van der Waals surface area contributed by atoms with Crippen molar-refractivity contribution in [3.05, 3.63) is 63.5 Å². The van der Waals surface area contributed by atoms with Crippen molar-refractivity contribution in [2.75, 3.05) is 5.32 Å². The van der Waals surface area contributed by atoms with Crippen molar-refractivity contribution in [3.63, 3.8) is 0 Å². The highest BCUT2D eigenvalue weighted by atomic mass is 35.5. The van der Waals surface area contributed by atoms with Crippen LogP contribution in [0.2, 0.25) is 5.02 Å². The molecule has 0 bridgehead atoms. The van der Waals surface area contributed by atoms with Crippen LogP contribution in [0.15, 0.2) is 41.4 Å². The van der Waals surface area contributed by atoms with Gasteiger partial charge in [0, 0.05) is 12.3 Å². The van der Waals surface area contributed by atoms with Gasteiger partial charge in [-0.2, -0.15) is 11.3 Å². The summed E-state index contributed by atoms with van der Waals surface area (Å²) in [6.07, 6.45) is 1.99. The summed E-state index contributed by atoms with van der Waals surface area (Å²) in [4.78, 5) is 16.6. The molecule has 0 saturated carbocycles. The van der Waals surface area contributed by atoms with Gasteiger partial charge in [-0.1, -0.05) is 11.6 Å². The minimum Gasteiger partial charge on any atom is -0.310 e. The number of aromatic nitrogens is 2. The molecule has 1 N–H and O–H groups in total. The average Bonchev–Trinajstić information content (AvgIpc) is 3.18. The molecule has 0 fully saturated rings. The van der Waals surface area contributed by atoms with Crippen molar-refractivity contribution >= 4 is 34.7 Å². The number of thiophene rings is 1. The minimum atomic E-state index is -0.482. The van der Waals surface area contributed by atoms with E-state index in [1.54, 1.807) is 28.3 Å². The van der Waals surface area contributed by atoms with Gasteiger partial charge >= 0.3 is 0 Å². The van der Waals surface area contributed by atoms with Crippen LogP contribution in [0.4, 0.5) is 10.2 Å². The van der Waals surface area contributed by atoms with E-state index in [4.69, 9.17) is 11.6 Å². The molecule has 1 amide bonds. The molecule has 0 spiro atoms. The smallest absolute Gasteiger partial charge is 0.226 e. The zero-order valence-corrected chi connectivity index (χ0v) is 13.4. The zero-order chi connectivity index (χ0) is 16.0. The maximum Gasteiger partial charge on any atom is 0.226 e. The monoisotopic (exact) mass is 347 g/mol. The van der Waals surface area contributed by atoms with Crippen LogP contribution in [-0.2, 0) is 4.79 Å². The fraction of sp³-hybridized carbons (Fsp3) is 0.125. The summed E-state index contributed by atoms with van der Waals surface area (Å²) >= 11 is 7.45. The standard InChI is InChI=1S/C16H11ClFN3OS/c17-12-5-10(1-2-13(12)18)21-8-19-15-11(9-3-4-23-7-9)6-14(22)20-16(15)21/h1-5,7-8,11H,6H2,(H,20,22)/t11-/m0/s1. The number of imidazole rings is 1. The highest BCUT2D eigenvalue weighted by Gasteiger charge is 2.31. The van der Waals surface area contributed by atoms with Crippen molar-refractivity contribution in [3.8, 4) is 5.69 Å². The summed E-state index contributed by atoms with van der Waals surface area (Å²) in [6, 6.07) is 6.42. The Morgan fingerprint density at radius 2 is 2.26 bits per heavy atom. The van der Waals surface area contributed by atoms with Gasteiger partial charge in [0.1, 0.15) is 18.0 Å². The first-order chi connectivity index (χ1) is 11.1. The summed E-state index contributed by atoms with van der Waals surface area (Å²) in [6.45, 7) is 0. The maximum absolute atomic E-state index is 13.4. The van der Waals surface area contributed by atoms with Crippen LogP contribution in [0.3, 0.4) is 0 Å². The van der Waals surface area contributed by atoms with E-state index in [0.717, 1.165) is 11.3 Å². The van der Waals surface area contributed by atoms with Gasteiger partial charge in [0.2, 0.25) is 5.91 Å². The van der Waals surface area contributed by atoms with Gasteiger partial charge in [-0.3, -0.25) is 9.36 Å². The van der Waals surface area contributed by atoms with Crippen LogP contribution >= 0.6 is 22.9 Å². The second kappa shape index (κ2) is 5.47. The first-order valence-electron chi connectivity index (χ1n) is 6.98. The third kappa shape index (κ3) is 2.44. The topological polar surface area (TPSA) is 46.9 Å². The Bertz CT molecular complexity index is 891. The first kappa shape index (κ1) is 14.4. The van der Waals surface area contributed by atoms with Gasteiger partial charge in [0.15, 0.2) is 0 Å². The number of fused-ring (bicyclic) bond motifs is 1. The van der Waals surface area contributed by atoms with E-state index < -0.39 is 5.82 Å². The number of nitrogens with zero attached hydrogens (tertiary/aromatic N) is 2. The molecule has 0 radical (unpaired) electrons. The van der Waals surface area contributed by atoms with E-state index in [0.29, 0.717) is 17.9 Å². The molecule has 0 unspecified atom stereocenters. The van der Waals surface area contributed by atoms with Crippen molar-refractivity contribution in [1.82, 2.24) is 9.55 Å². The Hall–Kier alpha value is -2.18. The number of amides is 1. The fourth-order valence-electron chi connectivity index (χ4n) is 2.79. The Labute approximate surface area is 140 Å². The van der Waals surface area contributed by atoms with E-state index in [1.807, 2.05) is 16.8 Å². The van der Waals surface area contributed by atoms with E-state index in [1.165, 1.54) is 12.1 Å². The second-order valence-electron chi connectivity index (χ2n) is 5.31. The Balaban J connectivity index is 1.83. The van der Waals surface area contributed by atoms with Crippen LogP contribution < -0.4 is 5.32 Å². The second-order valence-corrected chi connectivity index (χ2v) is 6.50. The lowest BCUT2D eigenvalue weighted by Gasteiger charge is -2.22. The molecule has 0 saturated heterocycles. The lowest BCUT2D eigenvalue weighted by Crippen LogP contribution is -2.24. The van der Waals surface area contributed by atoms with E-state index in [9.17, 15) is 9.18 Å². The number of anilines is 1. The number of halogens is 2. The van der Waals surface area contributed by atoms with Gasteiger partial charge in [-0.05, 0) is 40.6 Å². The normalized spacial score (nSPS) is 17.0. The Morgan fingerprint density at radius 1 is 1.39 bits per heavy atom. The lowest BCUT2D eigenvalue weighted by molar-refractivity contribution is -0.116. The van der Waals surface area contributed by atoms with Gasteiger partial charge in [0.05, 0.1) is 16.4 Å². The van der Waals surface area contributed by atoms with Crippen LogP contribution in [0.1, 0.15) is 23.6 Å². The van der Waals surface area contributed by atoms with E-state index >= 15 is 0 Å². The number of benzene rings is 1.